The number of morpholine rings is 1. The summed E-state index contributed by atoms with van der Waals surface area (Å²) in [6, 6.07) is 3.78. The molecule has 124 valence electrons. The molecule has 0 aromatic carbocycles. The highest BCUT2D eigenvalue weighted by Crippen LogP contribution is 2.30. The Bertz CT molecular complexity index is 615. The average molecular weight is 316 g/mol. The Balaban J connectivity index is 1.73. The van der Waals surface area contributed by atoms with E-state index < -0.39 is 0 Å². The first-order chi connectivity index (χ1) is 11.1. The molecular formula is C17H24N4O2. The lowest BCUT2D eigenvalue weighted by atomic mass is 10.2. The van der Waals surface area contributed by atoms with E-state index in [4.69, 9.17) is 10.00 Å². The van der Waals surface area contributed by atoms with Gasteiger partial charge in [-0.25, -0.2) is 0 Å². The van der Waals surface area contributed by atoms with Crippen LogP contribution in [0.4, 0.5) is 0 Å². The van der Waals surface area contributed by atoms with E-state index in [1.54, 1.807) is 16.8 Å². The van der Waals surface area contributed by atoms with Crippen molar-refractivity contribution in [1.82, 2.24) is 14.4 Å². The van der Waals surface area contributed by atoms with Crippen LogP contribution in [0.2, 0.25) is 0 Å². The van der Waals surface area contributed by atoms with Crippen molar-refractivity contribution in [3.8, 4) is 6.07 Å². The monoisotopic (exact) mass is 316 g/mol. The number of hydrogen-bond acceptors (Lipinski definition) is 4. The molecule has 1 saturated heterocycles. The summed E-state index contributed by atoms with van der Waals surface area (Å²) in [4.78, 5) is 17.1. The van der Waals surface area contributed by atoms with Crippen molar-refractivity contribution in [2.75, 3.05) is 39.8 Å². The fourth-order valence-electron chi connectivity index (χ4n) is 3.08. The zero-order chi connectivity index (χ0) is 16.4. The Hall–Kier alpha value is -1.84. The molecule has 2 heterocycles. The summed E-state index contributed by atoms with van der Waals surface area (Å²) in [5.41, 5.74) is 1.10. The van der Waals surface area contributed by atoms with Gasteiger partial charge in [0.25, 0.3) is 5.91 Å². The van der Waals surface area contributed by atoms with Crippen LogP contribution in [0.15, 0.2) is 12.3 Å². The van der Waals surface area contributed by atoms with Gasteiger partial charge < -0.3 is 19.1 Å². The van der Waals surface area contributed by atoms with Crippen molar-refractivity contribution in [2.24, 2.45) is 13.0 Å². The van der Waals surface area contributed by atoms with E-state index in [0.717, 1.165) is 26.2 Å². The van der Waals surface area contributed by atoms with Crippen LogP contribution in [0, 0.1) is 17.2 Å². The Morgan fingerprint density at radius 2 is 2.22 bits per heavy atom. The normalized spacial score (nSPS) is 21.9. The number of aromatic nitrogens is 1. The lowest BCUT2D eigenvalue weighted by molar-refractivity contribution is -0.0332. The van der Waals surface area contributed by atoms with Gasteiger partial charge in [-0.05, 0) is 31.9 Å². The molecule has 3 rings (SSSR count). The number of nitriles is 1. The molecule has 6 heteroatoms. The maximum atomic E-state index is 12.9. The largest absolute Gasteiger partial charge is 0.374 e. The Kier molecular flexibility index (Phi) is 4.69. The molecule has 1 aromatic rings. The van der Waals surface area contributed by atoms with Crippen LogP contribution < -0.4 is 0 Å². The third-order valence-corrected chi connectivity index (χ3v) is 4.58. The lowest BCUT2D eigenvalue weighted by Crippen LogP contribution is -2.48. The molecule has 0 unspecified atom stereocenters. The highest BCUT2D eigenvalue weighted by atomic mass is 16.5. The van der Waals surface area contributed by atoms with E-state index in [-0.39, 0.29) is 12.0 Å². The minimum atomic E-state index is -0.00211. The van der Waals surface area contributed by atoms with Crippen molar-refractivity contribution in [3.05, 3.63) is 23.5 Å². The lowest BCUT2D eigenvalue weighted by Gasteiger charge is -2.34. The van der Waals surface area contributed by atoms with Gasteiger partial charge in [-0.3, -0.25) is 4.79 Å². The predicted octanol–water partition coefficient (Wildman–Crippen LogP) is 1.08. The molecule has 1 atom stereocenters. The first kappa shape index (κ1) is 16.0. The molecule has 23 heavy (non-hydrogen) atoms. The number of hydrogen-bond donors (Lipinski definition) is 0. The number of ether oxygens (including phenoxy) is 1. The zero-order valence-corrected chi connectivity index (χ0v) is 13.9. The quantitative estimate of drug-likeness (QED) is 0.815. The Morgan fingerprint density at radius 3 is 2.83 bits per heavy atom. The number of rotatable bonds is 5. The summed E-state index contributed by atoms with van der Waals surface area (Å²) in [5.74, 6) is 0.619. The van der Waals surface area contributed by atoms with Crippen molar-refractivity contribution in [1.29, 1.82) is 5.26 Å². The minimum absolute atomic E-state index is 0.00211. The van der Waals surface area contributed by atoms with Gasteiger partial charge in [-0.2, -0.15) is 5.26 Å². The van der Waals surface area contributed by atoms with Crippen molar-refractivity contribution >= 4 is 5.91 Å². The van der Waals surface area contributed by atoms with Crippen molar-refractivity contribution in [3.63, 3.8) is 0 Å². The highest BCUT2D eigenvalue weighted by Gasteiger charge is 2.31. The Labute approximate surface area is 137 Å². The molecule has 6 nitrogen and oxygen atoms in total. The molecule has 0 radical (unpaired) electrons. The SMILES string of the molecule is CN1CCO[C@H](CN(CC2CC2)C(=O)c2cc(C#N)cn2C)C1. The second kappa shape index (κ2) is 6.73. The van der Waals surface area contributed by atoms with E-state index in [0.29, 0.717) is 23.7 Å². The number of nitrogens with zero attached hydrogens (tertiary/aromatic N) is 4. The van der Waals surface area contributed by atoms with Crippen LogP contribution in [0.25, 0.3) is 0 Å². The summed E-state index contributed by atoms with van der Waals surface area (Å²) >= 11 is 0. The smallest absolute Gasteiger partial charge is 0.270 e. The van der Waals surface area contributed by atoms with Crippen LogP contribution in [-0.4, -0.2) is 66.2 Å². The van der Waals surface area contributed by atoms with E-state index in [1.165, 1.54) is 12.8 Å². The summed E-state index contributed by atoms with van der Waals surface area (Å²) in [5, 5.41) is 9.03. The molecule has 2 fully saturated rings. The Morgan fingerprint density at radius 1 is 1.43 bits per heavy atom. The van der Waals surface area contributed by atoms with E-state index in [1.807, 2.05) is 11.9 Å². The third-order valence-electron chi connectivity index (χ3n) is 4.58. The first-order valence-corrected chi connectivity index (χ1v) is 8.22. The number of likely N-dealkylation sites (N-methyl/N-ethyl adjacent to an activating group) is 1. The summed E-state index contributed by atoms with van der Waals surface area (Å²) in [6.07, 6.45) is 4.16. The van der Waals surface area contributed by atoms with Gasteiger partial charge in [-0.15, -0.1) is 0 Å². The van der Waals surface area contributed by atoms with Crippen LogP contribution >= 0.6 is 0 Å². The minimum Gasteiger partial charge on any atom is -0.374 e. The van der Waals surface area contributed by atoms with Crippen molar-refractivity contribution in [2.45, 2.75) is 18.9 Å². The van der Waals surface area contributed by atoms with E-state index >= 15 is 0 Å². The fraction of sp³-hybridized carbons (Fsp3) is 0.647. The maximum Gasteiger partial charge on any atom is 0.270 e. The highest BCUT2D eigenvalue weighted by molar-refractivity contribution is 5.93. The zero-order valence-electron chi connectivity index (χ0n) is 13.9. The van der Waals surface area contributed by atoms with E-state index in [9.17, 15) is 4.79 Å². The average Bonchev–Trinajstić information content (AvgIpc) is 3.26. The van der Waals surface area contributed by atoms with Gasteiger partial charge in [0.2, 0.25) is 0 Å². The van der Waals surface area contributed by atoms with Gasteiger partial charge in [0.15, 0.2) is 0 Å². The molecule has 1 aliphatic carbocycles. The van der Waals surface area contributed by atoms with Crippen LogP contribution in [-0.2, 0) is 11.8 Å². The molecule has 0 bridgehead atoms. The topological polar surface area (TPSA) is 61.5 Å². The van der Waals surface area contributed by atoms with Gasteiger partial charge in [0.1, 0.15) is 11.8 Å². The predicted molar refractivity (Wildman–Crippen MR) is 86.0 cm³/mol. The van der Waals surface area contributed by atoms with Gasteiger partial charge in [0.05, 0.1) is 18.3 Å². The molecule has 1 aliphatic heterocycles. The van der Waals surface area contributed by atoms with Gasteiger partial charge in [0, 0.05) is 39.4 Å². The van der Waals surface area contributed by atoms with E-state index in [2.05, 4.69) is 18.0 Å². The molecule has 1 amide bonds. The van der Waals surface area contributed by atoms with Crippen molar-refractivity contribution < 1.29 is 9.53 Å². The molecule has 0 N–H and O–H groups in total. The molecule has 0 spiro atoms. The summed E-state index contributed by atoms with van der Waals surface area (Å²) in [6.45, 7) is 3.92. The van der Waals surface area contributed by atoms with Crippen LogP contribution in [0.5, 0.6) is 0 Å². The van der Waals surface area contributed by atoms with Crippen LogP contribution in [0.1, 0.15) is 28.9 Å². The molecular weight excluding hydrogens is 292 g/mol. The molecule has 2 aliphatic rings. The maximum absolute atomic E-state index is 12.9. The standard InChI is InChI=1S/C17H24N4O2/c1-19-5-6-23-15(11-19)12-21(10-13-3-4-13)17(22)16-7-14(8-18)9-20(16)2/h7,9,13,15H,3-6,10-12H2,1-2H3/t15-/m0/s1. The summed E-state index contributed by atoms with van der Waals surface area (Å²) < 4.78 is 7.57. The number of aryl methyl sites for hydroxylation is 1. The number of carbonyl (C=O) groups is 1. The third kappa shape index (κ3) is 3.92. The van der Waals surface area contributed by atoms with Gasteiger partial charge >= 0.3 is 0 Å². The van der Waals surface area contributed by atoms with Gasteiger partial charge in [-0.1, -0.05) is 0 Å². The van der Waals surface area contributed by atoms with Crippen LogP contribution in [0.3, 0.4) is 0 Å². The first-order valence-electron chi connectivity index (χ1n) is 8.22. The summed E-state index contributed by atoms with van der Waals surface area (Å²) in [7, 11) is 3.90. The second-order valence-electron chi connectivity index (χ2n) is 6.75. The molecule has 1 aromatic heterocycles. The number of carbonyl (C=O) groups excluding carboxylic acids is 1. The second-order valence-corrected chi connectivity index (χ2v) is 6.75. The molecule has 1 saturated carbocycles. The fourth-order valence-corrected chi connectivity index (χ4v) is 3.08. The number of amides is 1.